The van der Waals surface area contributed by atoms with Crippen LogP contribution < -0.4 is 10.6 Å². The van der Waals surface area contributed by atoms with Crippen molar-refractivity contribution in [2.24, 2.45) is 5.92 Å². The lowest BCUT2D eigenvalue weighted by Crippen LogP contribution is -2.47. The third-order valence-electron chi connectivity index (χ3n) is 6.06. The van der Waals surface area contributed by atoms with Crippen LogP contribution in [0.1, 0.15) is 46.4 Å². The average Bonchev–Trinajstić information content (AvgIpc) is 3.34. The smallest absolute Gasteiger partial charge is 0.261 e. The van der Waals surface area contributed by atoms with Crippen LogP contribution in [0, 0.1) is 5.92 Å². The monoisotopic (exact) mass is 420 g/mol. The van der Waals surface area contributed by atoms with E-state index in [-0.39, 0.29) is 36.2 Å². The van der Waals surface area contributed by atoms with Gasteiger partial charge in [-0.1, -0.05) is 12.1 Å². The normalized spacial score (nSPS) is 24.3. The van der Waals surface area contributed by atoms with Gasteiger partial charge in [-0.2, -0.15) is 0 Å². The van der Waals surface area contributed by atoms with E-state index in [0.29, 0.717) is 36.7 Å². The van der Waals surface area contributed by atoms with Gasteiger partial charge in [0.05, 0.1) is 17.2 Å². The van der Waals surface area contributed by atoms with Crippen LogP contribution in [0.5, 0.6) is 0 Å². The molecule has 8 heteroatoms. The Kier molecular flexibility index (Phi) is 7.27. The first kappa shape index (κ1) is 21.7. The molecule has 4 rings (SSSR count). The van der Waals surface area contributed by atoms with Crippen molar-refractivity contribution in [3.8, 4) is 0 Å². The second kappa shape index (κ2) is 9.69. The summed E-state index contributed by atoms with van der Waals surface area (Å²) in [5, 5.41) is 6.32. The van der Waals surface area contributed by atoms with Gasteiger partial charge >= 0.3 is 0 Å². The molecule has 3 amide bonds. The van der Waals surface area contributed by atoms with Crippen molar-refractivity contribution in [3.63, 3.8) is 0 Å². The minimum atomic E-state index is -0.189. The number of fused-ring (bicyclic) bond motifs is 1. The molecular formula is C21H29ClN4O3. The van der Waals surface area contributed by atoms with E-state index < -0.39 is 0 Å². The van der Waals surface area contributed by atoms with Crippen molar-refractivity contribution in [1.82, 2.24) is 20.4 Å². The highest BCUT2D eigenvalue weighted by atomic mass is 35.5. The largest absolute Gasteiger partial charge is 0.354 e. The Bertz CT molecular complexity index is 731. The summed E-state index contributed by atoms with van der Waals surface area (Å²) in [6, 6.07) is 6.98. The SMILES string of the molecule is Cl.O=C(NCC1CCCN(CCN2C(=O)c3ccccc3C2=O)C1)C1CCCN1. The molecule has 0 bridgehead atoms. The summed E-state index contributed by atoms with van der Waals surface area (Å²) >= 11 is 0. The first-order valence-corrected chi connectivity index (χ1v) is 10.3. The van der Waals surface area contributed by atoms with Crippen molar-refractivity contribution in [3.05, 3.63) is 35.4 Å². The molecule has 7 nitrogen and oxygen atoms in total. The maximum Gasteiger partial charge on any atom is 0.261 e. The molecule has 1 aromatic rings. The summed E-state index contributed by atoms with van der Waals surface area (Å²) in [5.41, 5.74) is 1.01. The molecule has 1 aromatic carbocycles. The number of likely N-dealkylation sites (tertiary alicyclic amines) is 1. The summed E-state index contributed by atoms with van der Waals surface area (Å²) in [4.78, 5) is 40.8. The Balaban J connectivity index is 0.00000240. The molecule has 0 saturated carbocycles. The predicted molar refractivity (Wildman–Crippen MR) is 112 cm³/mol. The molecule has 158 valence electrons. The van der Waals surface area contributed by atoms with Crippen molar-refractivity contribution in [2.45, 2.75) is 31.7 Å². The van der Waals surface area contributed by atoms with Crippen LogP contribution in [0.3, 0.4) is 0 Å². The number of nitrogens with one attached hydrogen (secondary N) is 2. The van der Waals surface area contributed by atoms with Gasteiger partial charge in [0, 0.05) is 26.2 Å². The zero-order chi connectivity index (χ0) is 19.5. The lowest BCUT2D eigenvalue weighted by atomic mass is 9.98. The number of hydrogen-bond donors (Lipinski definition) is 2. The van der Waals surface area contributed by atoms with Crippen molar-refractivity contribution in [1.29, 1.82) is 0 Å². The van der Waals surface area contributed by atoms with Crippen molar-refractivity contribution in [2.75, 3.05) is 39.3 Å². The molecule has 2 N–H and O–H groups in total. The molecule has 2 fully saturated rings. The summed E-state index contributed by atoms with van der Waals surface area (Å²) in [5.74, 6) is 0.151. The molecule has 2 saturated heterocycles. The fourth-order valence-corrected chi connectivity index (χ4v) is 4.48. The van der Waals surface area contributed by atoms with E-state index in [2.05, 4.69) is 15.5 Å². The van der Waals surface area contributed by atoms with E-state index >= 15 is 0 Å². The second-order valence-electron chi connectivity index (χ2n) is 8.01. The highest BCUT2D eigenvalue weighted by molar-refractivity contribution is 6.21. The molecule has 2 atom stereocenters. The summed E-state index contributed by atoms with van der Waals surface area (Å²) < 4.78 is 0. The Morgan fingerprint density at radius 1 is 1.07 bits per heavy atom. The standard InChI is InChI=1S/C21H28N4O3.ClH/c26-19(18-8-3-9-22-18)23-13-15-5-4-10-24(14-15)11-12-25-20(27)16-6-1-2-7-17(16)21(25)28;/h1-2,6-7,15,18,22H,3-5,8-14H2,(H,23,26);1H. The van der Waals surface area contributed by atoms with Gasteiger partial charge in [0.15, 0.2) is 0 Å². The van der Waals surface area contributed by atoms with Crippen LogP contribution in [-0.4, -0.2) is 72.8 Å². The second-order valence-corrected chi connectivity index (χ2v) is 8.01. The first-order valence-electron chi connectivity index (χ1n) is 10.3. The van der Waals surface area contributed by atoms with Crippen molar-refractivity contribution >= 4 is 30.1 Å². The number of halogens is 1. The number of nitrogens with zero attached hydrogens (tertiary/aromatic N) is 2. The summed E-state index contributed by atoms with van der Waals surface area (Å²) in [7, 11) is 0. The van der Waals surface area contributed by atoms with E-state index in [1.54, 1.807) is 24.3 Å². The van der Waals surface area contributed by atoms with Crippen LogP contribution in [0.15, 0.2) is 24.3 Å². The molecule has 3 aliphatic heterocycles. The Morgan fingerprint density at radius 2 is 1.79 bits per heavy atom. The van der Waals surface area contributed by atoms with Gasteiger partial charge in [-0.3, -0.25) is 19.3 Å². The zero-order valence-electron chi connectivity index (χ0n) is 16.6. The van der Waals surface area contributed by atoms with E-state index in [9.17, 15) is 14.4 Å². The highest BCUT2D eigenvalue weighted by Gasteiger charge is 2.35. The summed E-state index contributed by atoms with van der Waals surface area (Å²) in [6.07, 6.45) is 4.15. The van der Waals surface area contributed by atoms with Crippen LogP contribution >= 0.6 is 12.4 Å². The zero-order valence-corrected chi connectivity index (χ0v) is 17.4. The van der Waals surface area contributed by atoms with Gasteiger partial charge in [0.25, 0.3) is 11.8 Å². The van der Waals surface area contributed by atoms with E-state index in [1.165, 1.54) is 4.90 Å². The van der Waals surface area contributed by atoms with Gasteiger partial charge in [-0.15, -0.1) is 12.4 Å². The van der Waals surface area contributed by atoms with Gasteiger partial charge in [0.1, 0.15) is 0 Å². The molecule has 0 radical (unpaired) electrons. The fraction of sp³-hybridized carbons (Fsp3) is 0.571. The first-order chi connectivity index (χ1) is 13.6. The van der Waals surface area contributed by atoms with Gasteiger partial charge < -0.3 is 15.5 Å². The molecule has 0 aromatic heterocycles. The third kappa shape index (κ3) is 4.79. The van der Waals surface area contributed by atoms with E-state index in [4.69, 9.17) is 0 Å². The number of hydrogen-bond acceptors (Lipinski definition) is 5. The fourth-order valence-electron chi connectivity index (χ4n) is 4.48. The molecule has 2 unspecified atom stereocenters. The number of rotatable bonds is 6. The van der Waals surface area contributed by atoms with Gasteiger partial charge in [-0.25, -0.2) is 0 Å². The van der Waals surface area contributed by atoms with Crippen LogP contribution in [-0.2, 0) is 4.79 Å². The Morgan fingerprint density at radius 3 is 2.45 bits per heavy atom. The molecular weight excluding hydrogens is 392 g/mol. The number of amides is 3. The van der Waals surface area contributed by atoms with Crippen LogP contribution in [0.4, 0.5) is 0 Å². The topological polar surface area (TPSA) is 81.8 Å². The molecule has 3 heterocycles. The summed E-state index contributed by atoms with van der Waals surface area (Å²) in [6.45, 7) is 4.57. The number of carbonyl (C=O) groups excluding carboxylic acids is 3. The van der Waals surface area contributed by atoms with Crippen LogP contribution in [0.2, 0.25) is 0 Å². The lowest BCUT2D eigenvalue weighted by molar-refractivity contribution is -0.123. The number of piperidine rings is 1. The van der Waals surface area contributed by atoms with Gasteiger partial charge in [-0.05, 0) is 56.8 Å². The Labute approximate surface area is 177 Å². The van der Waals surface area contributed by atoms with E-state index in [0.717, 1.165) is 45.3 Å². The quantitative estimate of drug-likeness (QED) is 0.677. The Hall–Kier alpha value is -1.96. The minimum absolute atomic E-state index is 0. The van der Waals surface area contributed by atoms with Crippen molar-refractivity contribution < 1.29 is 14.4 Å². The lowest BCUT2D eigenvalue weighted by Gasteiger charge is -2.33. The highest BCUT2D eigenvalue weighted by Crippen LogP contribution is 2.23. The average molecular weight is 421 g/mol. The number of benzene rings is 1. The number of imide groups is 1. The van der Waals surface area contributed by atoms with Gasteiger partial charge in [0.2, 0.25) is 5.91 Å². The molecule has 0 spiro atoms. The molecule has 29 heavy (non-hydrogen) atoms. The predicted octanol–water partition coefficient (Wildman–Crippen LogP) is 1.28. The number of carbonyl (C=O) groups is 3. The third-order valence-corrected chi connectivity index (χ3v) is 6.06. The van der Waals surface area contributed by atoms with E-state index in [1.807, 2.05) is 0 Å². The molecule has 3 aliphatic rings. The minimum Gasteiger partial charge on any atom is -0.354 e. The molecule has 0 aliphatic carbocycles. The maximum atomic E-state index is 12.5. The maximum absolute atomic E-state index is 12.5. The van der Waals surface area contributed by atoms with Crippen LogP contribution in [0.25, 0.3) is 0 Å².